The first kappa shape index (κ1) is 18.3. The van der Waals surface area contributed by atoms with Gasteiger partial charge in [0.1, 0.15) is 13.3 Å². The van der Waals surface area contributed by atoms with E-state index in [-0.39, 0.29) is 0 Å². The van der Waals surface area contributed by atoms with Crippen molar-refractivity contribution in [1.29, 1.82) is 0 Å². The molecule has 0 saturated carbocycles. The zero-order chi connectivity index (χ0) is 15.5. The van der Waals surface area contributed by atoms with Gasteiger partial charge in [-0.05, 0) is 0 Å². The molecule has 0 fully saturated rings. The smallest absolute Gasteiger partial charge is 0.374 e. The molecule has 0 heterocycles. The maximum atomic E-state index is 12.9. The van der Waals surface area contributed by atoms with Crippen molar-refractivity contribution in [2.75, 3.05) is 26.6 Å². The molecule has 0 aromatic heterocycles. The van der Waals surface area contributed by atoms with Crippen LogP contribution in [-0.4, -0.2) is 50.3 Å². The van der Waals surface area contributed by atoms with Gasteiger partial charge in [0.2, 0.25) is 0 Å². The summed E-state index contributed by atoms with van der Waals surface area (Å²) in [7, 11) is 0. The lowest BCUT2D eigenvalue weighted by atomic mass is 10.1. The Morgan fingerprint density at radius 1 is 0.579 bits per heavy atom. The second kappa shape index (κ2) is 5.71. The molecule has 2 unspecified atom stereocenters. The van der Waals surface area contributed by atoms with Gasteiger partial charge >= 0.3 is 12.4 Å². The van der Waals surface area contributed by atoms with E-state index in [4.69, 9.17) is 0 Å². The van der Waals surface area contributed by atoms with Crippen LogP contribution in [0.3, 0.4) is 0 Å². The van der Waals surface area contributed by atoms with Gasteiger partial charge in [0, 0.05) is 0 Å². The Kier molecular flexibility index (Phi) is 5.49. The molecule has 0 N–H and O–H groups in total. The van der Waals surface area contributed by atoms with Crippen LogP contribution < -0.4 is 0 Å². The highest BCUT2D eigenvalue weighted by atomic mass is 19.4. The Labute approximate surface area is 100 Å². The first-order valence-electron chi connectivity index (χ1n) is 4.54. The van der Waals surface area contributed by atoms with E-state index in [9.17, 15) is 43.9 Å². The number of rotatable bonds is 6. The fourth-order valence-corrected chi connectivity index (χ4v) is 0.767. The zero-order valence-electron chi connectivity index (χ0n) is 9.02. The summed E-state index contributed by atoms with van der Waals surface area (Å²) in [6.07, 6.45) is -11.5. The minimum Gasteiger partial charge on any atom is -0.374 e. The largest absolute Gasteiger partial charge is 0.427 e. The Morgan fingerprint density at radius 2 is 0.842 bits per heavy atom. The second-order valence-corrected chi connectivity index (χ2v) is 3.69. The van der Waals surface area contributed by atoms with Crippen LogP contribution in [0.15, 0.2) is 0 Å². The monoisotopic (exact) mass is 310 g/mol. The lowest BCUT2D eigenvalue weighted by Gasteiger charge is -2.28. The van der Waals surface area contributed by atoms with Crippen molar-refractivity contribution >= 4 is 0 Å². The molecule has 0 rings (SSSR count). The number of alkyl halides is 10. The minimum atomic E-state index is -5.76. The normalized spacial score (nSPS) is 19.9. The Bertz CT molecular complexity index is 258. The first-order valence-corrected chi connectivity index (χ1v) is 4.54. The van der Waals surface area contributed by atoms with Crippen LogP contribution in [0.2, 0.25) is 0 Å². The summed E-state index contributed by atoms with van der Waals surface area (Å²) in [5, 5.41) is 0. The molecule has 11 heteroatoms. The lowest BCUT2D eigenvalue weighted by molar-refractivity contribution is -0.271. The third kappa shape index (κ3) is 4.11. The maximum absolute atomic E-state index is 12.9. The van der Waals surface area contributed by atoms with E-state index in [2.05, 4.69) is 4.74 Å². The average Bonchev–Trinajstić information content (AvgIpc) is 2.25. The van der Waals surface area contributed by atoms with Gasteiger partial charge < -0.3 is 4.74 Å². The Balaban J connectivity index is 4.67. The number of hydrogen-bond acceptors (Lipinski definition) is 1. The van der Waals surface area contributed by atoms with E-state index in [1.807, 2.05) is 0 Å². The van der Waals surface area contributed by atoms with Crippen LogP contribution in [0.25, 0.3) is 0 Å². The van der Waals surface area contributed by atoms with E-state index < -0.39 is 50.3 Å². The molecule has 0 saturated heterocycles. The summed E-state index contributed by atoms with van der Waals surface area (Å²) >= 11 is 0. The third-order valence-electron chi connectivity index (χ3n) is 2.10. The van der Waals surface area contributed by atoms with Gasteiger partial charge in [-0.15, -0.1) is 0 Å². The maximum Gasteiger partial charge on any atom is 0.427 e. The number of hydrogen-bond donors (Lipinski definition) is 0. The molecule has 0 aliphatic carbocycles. The molecule has 0 bridgehead atoms. The quantitative estimate of drug-likeness (QED) is 0.683. The van der Waals surface area contributed by atoms with Crippen molar-refractivity contribution in [1.82, 2.24) is 0 Å². The molecule has 0 spiro atoms. The van der Waals surface area contributed by atoms with Gasteiger partial charge in [0.05, 0.1) is 13.2 Å². The predicted octanol–water partition coefficient (Wildman–Crippen LogP) is 3.48. The molecular formula is C8H8F10O. The molecule has 0 aliphatic heterocycles. The average molecular weight is 310 g/mol. The molecule has 0 radical (unpaired) electrons. The molecular weight excluding hydrogens is 302 g/mol. The molecule has 0 aromatic carbocycles. The van der Waals surface area contributed by atoms with Crippen molar-refractivity contribution in [2.24, 2.45) is 0 Å². The van der Waals surface area contributed by atoms with Crippen molar-refractivity contribution in [3.05, 3.63) is 0 Å². The molecule has 1 nitrogen and oxygen atoms in total. The Morgan fingerprint density at radius 3 is 1.00 bits per heavy atom. The van der Waals surface area contributed by atoms with Crippen LogP contribution in [0, 0.1) is 0 Å². The van der Waals surface area contributed by atoms with Gasteiger partial charge in [-0.3, -0.25) is 0 Å². The van der Waals surface area contributed by atoms with Crippen LogP contribution in [-0.2, 0) is 4.74 Å². The fraction of sp³-hybridized carbons (Fsp3) is 1.00. The molecule has 0 amide bonds. The van der Waals surface area contributed by atoms with Gasteiger partial charge in [-0.2, -0.15) is 26.3 Å². The standard InChI is InChI=1S/C8H8F10O/c9-1-5(11,7(13,14)15)3-19-4-6(12,2-10)8(16,17)18/h1-4H2. The van der Waals surface area contributed by atoms with Gasteiger partial charge in [0.15, 0.2) is 0 Å². The molecule has 2 atom stereocenters. The van der Waals surface area contributed by atoms with E-state index in [1.54, 1.807) is 0 Å². The lowest BCUT2D eigenvalue weighted by Crippen LogP contribution is -2.51. The highest BCUT2D eigenvalue weighted by Crippen LogP contribution is 2.37. The summed E-state index contributed by atoms with van der Waals surface area (Å²) in [6, 6.07) is 0. The third-order valence-corrected chi connectivity index (χ3v) is 2.10. The zero-order valence-corrected chi connectivity index (χ0v) is 9.02. The molecule has 0 aliphatic rings. The van der Waals surface area contributed by atoms with Gasteiger partial charge in [-0.25, -0.2) is 17.6 Å². The minimum absolute atomic E-state index is 2.21. The van der Waals surface area contributed by atoms with E-state index in [0.29, 0.717) is 0 Å². The summed E-state index contributed by atoms with van der Waals surface area (Å²) < 4.78 is 125. The van der Waals surface area contributed by atoms with Crippen LogP contribution in [0.5, 0.6) is 0 Å². The number of ether oxygens (including phenoxy) is 1. The number of halogens is 10. The second-order valence-electron chi connectivity index (χ2n) is 3.69. The fourth-order valence-electron chi connectivity index (χ4n) is 0.767. The van der Waals surface area contributed by atoms with Crippen molar-refractivity contribution in [3.63, 3.8) is 0 Å². The van der Waals surface area contributed by atoms with Gasteiger partial charge in [-0.1, -0.05) is 0 Å². The highest BCUT2D eigenvalue weighted by molar-refractivity contribution is 4.90. The van der Waals surface area contributed by atoms with Crippen molar-refractivity contribution < 1.29 is 48.6 Å². The topological polar surface area (TPSA) is 9.23 Å². The molecule has 116 valence electrons. The first-order chi connectivity index (χ1) is 8.33. The summed E-state index contributed by atoms with van der Waals surface area (Å²) in [4.78, 5) is 0. The SMILES string of the molecule is FCC(F)(COCC(F)(CF)C(F)(F)F)C(F)(F)F. The van der Waals surface area contributed by atoms with E-state index in [1.165, 1.54) is 0 Å². The molecule has 19 heavy (non-hydrogen) atoms. The summed E-state index contributed by atoms with van der Waals surface area (Å²) in [5.74, 6) is 0. The van der Waals surface area contributed by atoms with E-state index in [0.717, 1.165) is 0 Å². The van der Waals surface area contributed by atoms with Crippen LogP contribution in [0.1, 0.15) is 0 Å². The van der Waals surface area contributed by atoms with Crippen molar-refractivity contribution in [3.8, 4) is 0 Å². The highest BCUT2D eigenvalue weighted by Gasteiger charge is 2.59. The van der Waals surface area contributed by atoms with Crippen LogP contribution in [0.4, 0.5) is 43.9 Å². The predicted molar refractivity (Wildman–Crippen MR) is 42.6 cm³/mol. The van der Waals surface area contributed by atoms with Gasteiger partial charge in [0.25, 0.3) is 11.3 Å². The molecule has 0 aromatic rings. The summed E-state index contributed by atoms with van der Waals surface area (Å²) in [5.41, 5.74) is -9.15. The van der Waals surface area contributed by atoms with Crippen molar-refractivity contribution in [2.45, 2.75) is 23.7 Å². The van der Waals surface area contributed by atoms with E-state index >= 15 is 0 Å². The Hall–Kier alpha value is -0.740. The van der Waals surface area contributed by atoms with Crippen LogP contribution >= 0.6 is 0 Å². The summed E-state index contributed by atoms with van der Waals surface area (Å²) in [6.45, 7) is -9.68.